The molecule has 1 aliphatic heterocycles. The molecule has 1 aliphatic carbocycles. The second-order valence-electron chi connectivity index (χ2n) is 6.58. The number of benzene rings is 1. The third kappa shape index (κ3) is 2.78. The molecule has 4 atom stereocenters. The monoisotopic (exact) mass is 286 g/mol. The maximum atomic E-state index is 12.7. The van der Waals surface area contributed by atoms with E-state index in [0.717, 1.165) is 36.6 Å². The number of carbonyl (C=O) groups excluding carboxylic acids is 1. The molecule has 2 N–H and O–H groups in total. The van der Waals surface area contributed by atoms with Crippen molar-refractivity contribution in [2.24, 2.45) is 11.8 Å². The molecular formula is C18H26N2O. The van der Waals surface area contributed by atoms with Crippen LogP contribution in [0.2, 0.25) is 0 Å². The van der Waals surface area contributed by atoms with Gasteiger partial charge >= 0.3 is 0 Å². The van der Waals surface area contributed by atoms with E-state index in [1.54, 1.807) is 0 Å². The minimum absolute atomic E-state index is 0.00956. The Balaban J connectivity index is 1.70. The number of amides is 1. The number of nitrogens with one attached hydrogen (secondary N) is 2. The molecule has 114 valence electrons. The number of anilines is 1. The van der Waals surface area contributed by atoms with Gasteiger partial charge in [-0.25, -0.2) is 0 Å². The van der Waals surface area contributed by atoms with Crippen molar-refractivity contribution in [2.75, 3.05) is 11.9 Å². The minimum Gasteiger partial charge on any atom is -0.385 e. The molecule has 3 nitrogen and oxygen atoms in total. The predicted octanol–water partition coefficient (Wildman–Crippen LogP) is 3.53. The van der Waals surface area contributed by atoms with E-state index < -0.39 is 0 Å². The normalized spacial score (nSPS) is 31.3. The van der Waals surface area contributed by atoms with Crippen molar-refractivity contribution in [3.63, 3.8) is 0 Å². The SMILES string of the molecule is CCC1CCC(NC(=O)C2CCNc3ccccc32)C1C. The molecule has 0 saturated heterocycles. The Bertz CT molecular complexity index is 514. The summed E-state index contributed by atoms with van der Waals surface area (Å²) >= 11 is 0. The van der Waals surface area contributed by atoms with Crippen LogP contribution in [-0.2, 0) is 4.79 Å². The highest BCUT2D eigenvalue weighted by Gasteiger charge is 2.34. The number of para-hydroxylation sites is 1. The Morgan fingerprint density at radius 1 is 1.29 bits per heavy atom. The fourth-order valence-electron chi connectivity index (χ4n) is 4.05. The Hall–Kier alpha value is -1.51. The van der Waals surface area contributed by atoms with Gasteiger partial charge in [0.25, 0.3) is 0 Å². The number of hydrogen-bond donors (Lipinski definition) is 2. The van der Waals surface area contributed by atoms with E-state index in [4.69, 9.17) is 0 Å². The molecule has 1 saturated carbocycles. The first-order valence-corrected chi connectivity index (χ1v) is 8.34. The van der Waals surface area contributed by atoms with Gasteiger partial charge in [-0.1, -0.05) is 38.5 Å². The van der Waals surface area contributed by atoms with E-state index in [0.29, 0.717) is 12.0 Å². The summed E-state index contributed by atoms with van der Waals surface area (Å²) in [5.41, 5.74) is 2.27. The highest BCUT2D eigenvalue weighted by atomic mass is 16.2. The van der Waals surface area contributed by atoms with E-state index in [1.165, 1.54) is 12.8 Å². The average Bonchev–Trinajstić information content (AvgIpc) is 2.87. The van der Waals surface area contributed by atoms with Crippen LogP contribution < -0.4 is 10.6 Å². The van der Waals surface area contributed by atoms with Crippen LogP contribution in [0.4, 0.5) is 5.69 Å². The van der Waals surface area contributed by atoms with Crippen molar-refractivity contribution in [3.8, 4) is 0 Å². The highest BCUT2D eigenvalue weighted by molar-refractivity contribution is 5.86. The van der Waals surface area contributed by atoms with Crippen molar-refractivity contribution >= 4 is 11.6 Å². The number of carbonyl (C=O) groups is 1. The predicted molar refractivity (Wildman–Crippen MR) is 86.4 cm³/mol. The van der Waals surface area contributed by atoms with Gasteiger partial charge in [-0.15, -0.1) is 0 Å². The highest BCUT2D eigenvalue weighted by Crippen LogP contribution is 2.36. The van der Waals surface area contributed by atoms with Gasteiger partial charge in [0, 0.05) is 18.3 Å². The summed E-state index contributed by atoms with van der Waals surface area (Å²) in [7, 11) is 0. The molecule has 1 aromatic rings. The molecular weight excluding hydrogens is 260 g/mol. The second-order valence-corrected chi connectivity index (χ2v) is 6.58. The van der Waals surface area contributed by atoms with Crippen molar-refractivity contribution in [2.45, 2.75) is 51.5 Å². The Morgan fingerprint density at radius 3 is 2.86 bits per heavy atom. The molecule has 1 fully saturated rings. The van der Waals surface area contributed by atoms with E-state index in [-0.39, 0.29) is 11.8 Å². The van der Waals surface area contributed by atoms with Gasteiger partial charge < -0.3 is 10.6 Å². The third-order valence-corrected chi connectivity index (χ3v) is 5.48. The summed E-state index contributed by atoms with van der Waals surface area (Å²) < 4.78 is 0. The van der Waals surface area contributed by atoms with Gasteiger partial charge in [0.1, 0.15) is 0 Å². The Kier molecular flexibility index (Phi) is 4.18. The van der Waals surface area contributed by atoms with Crippen LogP contribution in [0.3, 0.4) is 0 Å². The van der Waals surface area contributed by atoms with Crippen molar-refractivity contribution in [1.82, 2.24) is 5.32 Å². The van der Waals surface area contributed by atoms with Crippen LogP contribution in [-0.4, -0.2) is 18.5 Å². The molecule has 2 aliphatic rings. The van der Waals surface area contributed by atoms with Gasteiger partial charge in [0.05, 0.1) is 5.92 Å². The van der Waals surface area contributed by atoms with E-state index in [9.17, 15) is 4.79 Å². The van der Waals surface area contributed by atoms with Crippen molar-refractivity contribution < 1.29 is 4.79 Å². The zero-order chi connectivity index (χ0) is 14.8. The van der Waals surface area contributed by atoms with Crippen molar-refractivity contribution in [1.29, 1.82) is 0 Å². The number of rotatable bonds is 3. The number of hydrogen-bond acceptors (Lipinski definition) is 2. The molecule has 0 spiro atoms. The molecule has 0 radical (unpaired) electrons. The summed E-state index contributed by atoms with van der Waals surface area (Å²) in [5, 5.41) is 6.72. The van der Waals surface area contributed by atoms with Crippen LogP contribution in [0.15, 0.2) is 24.3 Å². The third-order valence-electron chi connectivity index (χ3n) is 5.48. The van der Waals surface area contributed by atoms with Gasteiger partial charge in [-0.3, -0.25) is 4.79 Å². The topological polar surface area (TPSA) is 41.1 Å². The maximum Gasteiger partial charge on any atom is 0.227 e. The zero-order valence-corrected chi connectivity index (χ0v) is 13.1. The molecule has 0 aromatic heterocycles. The Morgan fingerprint density at radius 2 is 2.10 bits per heavy atom. The fraction of sp³-hybridized carbons (Fsp3) is 0.611. The summed E-state index contributed by atoms with van der Waals surface area (Å²) in [6.07, 6.45) is 4.51. The lowest BCUT2D eigenvalue weighted by Gasteiger charge is -2.28. The summed E-state index contributed by atoms with van der Waals surface area (Å²) in [6, 6.07) is 8.57. The summed E-state index contributed by atoms with van der Waals surface area (Å²) in [6.45, 7) is 5.43. The lowest BCUT2D eigenvalue weighted by molar-refractivity contribution is -0.123. The molecule has 0 bridgehead atoms. The summed E-state index contributed by atoms with van der Waals surface area (Å²) in [4.78, 5) is 12.7. The molecule has 4 unspecified atom stereocenters. The first-order chi connectivity index (χ1) is 10.2. The van der Waals surface area contributed by atoms with E-state index in [2.05, 4.69) is 36.6 Å². The van der Waals surface area contributed by atoms with Crippen LogP contribution in [0.5, 0.6) is 0 Å². The lowest BCUT2D eigenvalue weighted by Crippen LogP contribution is -2.41. The van der Waals surface area contributed by atoms with Crippen LogP contribution in [0.1, 0.15) is 51.0 Å². The van der Waals surface area contributed by atoms with Crippen LogP contribution in [0, 0.1) is 11.8 Å². The van der Waals surface area contributed by atoms with Gasteiger partial charge in [-0.05, 0) is 42.7 Å². The van der Waals surface area contributed by atoms with E-state index in [1.807, 2.05) is 12.1 Å². The first-order valence-electron chi connectivity index (χ1n) is 8.34. The van der Waals surface area contributed by atoms with Crippen LogP contribution in [0.25, 0.3) is 0 Å². The Labute approximate surface area is 127 Å². The molecule has 21 heavy (non-hydrogen) atoms. The van der Waals surface area contributed by atoms with Gasteiger partial charge in [-0.2, -0.15) is 0 Å². The van der Waals surface area contributed by atoms with Crippen molar-refractivity contribution in [3.05, 3.63) is 29.8 Å². The molecule has 1 amide bonds. The van der Waals surface area contributed by atoms with Gasteiger partial charge in [0.15, 0.2) is 0 Å². The van der Waals surface area contributed by atoms with Crippen LogP contribution >= 0.6 is 0 Å². The van der Waals surface area contributed by atoms with E-state index >= 15 is 0 Å². The largest absolute Gasteiger partial charge is 0.385 e. The molecule has 3 rings (SSSR count). The smallest absolute Gasteiger partial charge is 0.227 e. The second kappa shape index (κ2) is 6.08. The first kappa shape index (κ1) is 14.4. The molecule has 1 heterocycles. The molecule has 3 heteroatoms. The lowest BCUT2D eigenvalue weighted by atomic mass is 9.89. The maximum absolute atomic E-state index is 12.7. The standard InChI is InChI=1S/C18H26N2O/c1-3-13-8-9-16(12(13)2)20-18(21)15-10-11-19-17-7-5-4-6-14(15)17/h4-7,12-13,15-16,19H,3,8-11H2,1-2H3,(H,20,21). The molecule has 1 aromatic carbocycles. The summed E-state index contributed by atoms with van der Waals surface area (Å²) in [5.74, 6) is 1.61. The number of fused-ring (bicyclic) bond motifs is 1. The fourth-order valence-corrected chi connectivity index (χ4v) is 4.05. The zero-order valence-electron chi connectivity index (χ0n) is 13.1. The quantitative estimate of drug-likeness (QED) is 0.892. The minimum atomic E-state index is 0.00956. The van der Waals surface area contributed by atoms with Gasteiger partial charge in [0.2, 0.25) is 5.91 Å². The average molecular weight is 286 g/mol.